The summed E-state index contributed by atoms with van der Waals surface area (Å²) in [5.74, 6) is 0.247. The van der Waals surface area contributed by atoms with Gasteiger partial charge in [0, 0.05) is 17.7 Å². The van der Waals surface area contributed by atoms with E-state index in [1.54, 1.807) is 30.3 Å². The van der Waals surface area contributed by atoms with Gasteiger partial charge in [0.2, 0.25) is 5.82 Å². The maximum Gasteiger partial charge on any atom is 0.269 e. The van der Waals surface area contributed by atoms with Crippen molar-refractivity contribution >= 4 is 28.3 Å². The van der Waals surface area contributed by atoms with Gasteiger partial charge >= 0.3 is 0 Å². The first-order valence-electron chi connectivity index (χ1n) is 8.25. The fraction of sp³-hybridized carbons (Fsp3) is 0.0526. The molecule has 0 aliphatic rings. The van der Waals surface area contributed by atoms with E-state index in [0.29, 0.717) is 27.7 Å². The first kappa shape index (κ1) is 17.3. The molecular formula is C19H13N5O4. The number of nitro groups is 1. The largest absolute Gasteiger partial charge is 0.463 e. The molecule has 4 aromatic rings. The minimum Gasteiger partial charge on any atom is -0.463 e. The highest BCUT2D eigenvalue weighted by atomic mass is 16.6. The van der Waals surface area contributed by atoms with E-state index in [1.807, 2.05) is 13.0 Å². The van der Waals surface area contributed by atoms with Crippen LogP contribution in [0.3, 0.4) is 0 Å². The highest BCUT2D eigenvalue weighted by Crippen LogP contribution is 2.25. The predicted octanol–water partition coefficient (Wildman–Crippen LogP) is 3.11. The Balaban J connectivity index is 1.88. The van der Waals surface area contributed by atoms with Gasteiger partial charge in [-0.15, -0.1) is 10.2 Å². The van der Waals surface area contributed by atoms with E-state index >= 15 is 0 Å². The summed E-state index contributed by atoms with van der Waals surface area (Å²) in [6.07, 6.45) is 2.95. The molecule has 0 radical (unpaired) electrons. The van der Waals surface area contributed by atoms with Crippen LogP contribution < -0.4 is 5.43 Å². The summed E-state index contributed by atoms with van der Waals surface area (Å²) < 4.78 is 5.61. The molecule has 0 fully saturated rings. The molecule has 0 saturated carbocycles. The summed E-state index contributed by atoms with van der Waals surface area (Å²) in [4.78, 5) is 23.3. The Morgan fingerprint density at radius 2 is 2.00 bits per heavy atom. The van der Waals surface area contributed by atoms with E-state index in [4.69, 9.17) is 4.42 Å². The second-order valence-electron chi connectivity index (χ2n) is 6.12. The number of aromatic amines is 1. The van der Waals surface area contributed by atoms with E-state index in [2.05, 4.69) is 20.6 Å². The van der Waals surface area contributed by atoms with Crippen LogP contribution in [0.25, 0.3) is 22.6 Å². The van der Waals surface area contributed by atoms with Gasteiger partial charge in [0.15, 0.2) is 5.43 Å². The Kier molecular flexibility index (Phi) is 4.24. The standard InChI is InChI=1S/C19H13N5O4/c1-11-2-7-15-17(8-11)28-10-13(18(15)25)9-16(19-20-22-23-21-19)12-3-5-14(6-4-12)24(26)27/h2-10H,1H3,(H,20,21,22,23)/b16-9-. The number of nitrogens with one attached hydrogen (secondary N) is 1. The topological polar surface area (TPSA) is 128 Å². The van der Waals surface area contributed by atoms with Gasteiger partial charge in [-0.1, -0.05) is 6.07 Å². The van der Waals surface area contributed by atoms with Crippen molar-refractivity contribution < 1.29 is 9.34 Å². The lowest BCUT2D eigenvalue weighted by Gasteiger charge is -2.05. The third-order valence-electron chi connectivity index (χ3n) is 4.23. The quantitative estimate of drug-likeness (QED) is 0.429. The van der Waals surface area contributed by atoms with Crippen molar-refractivity contribution in [2.45, 2.75) is 6.92 Å². The zero-order valence-electron chi connectivity index (χ0n) is 14.6. The molecule has 1 N–H and O–H groups in total. The Labute approximate surface area is 157 Å². The first-order valence-corrected chi connectivity index (χ1v) is 8.25. The molecule has 9 heteroatoms. The summed E-state index contributed by atoms with van der Waals surface area (Å²) >= 11 is 0. The molecule has 0 bridgehead atoms. The van der Waals surface area contributed by atoms with Crippen LogP contribution in [0.1, 0.15) is 22.5 Å². The molecule has 0 spiro atoms. The number of benzene rings is 2. The van der Waals surface area contributed by atoms with Gasteiger partial charge in [-0.05, 0) is 53.6 Å². The molecule has 0 amide bonds. The third kappa shape index (κ3) is 3.16. The normalized spacial score (nSPS) is 11.7. The van der Waals surface area contributed by atoms with Gasteiger partial charge < -0.3 is 4.42 Å². The summed E-state index contributed by atoms with van der Waals surface area (Å²) in [5, 5.41) is 25.2. The van der Waals surface area contributed by atoms with Crippen LogP contribution >= 0.6 is 0 Å². The molecular weight excluding hydrogens is 362 g/mol. The van der Waals surface area contributed by atoms with E-state index in [9.17, 15) is 14.9 Å². The van der Waals surface area contributed by atoms with Crippen molar-refractivity contribution in [3.63, 3.8) is 0 Å². The van der Waals surface area contributed by atoms with Crippen molar-refractivity contribution in [1.82, 2.24) is 20.6 Å². The van der Waals surface area contributed by atoms with Crippen LogP contribution in [0, 0.1) is 17.0 Å². The van der Waals surface area contributed by atoms with Crippen molar-refractivity contribution in [2.75, 3.05) is 0 Å². The molecule has 9 nitrogen and oxygen atoms in total. The molecule has 2 heterocycles. The molecule has 2 aromatic carbocycles. The molecule has 4 rings (SSSR count). The fourth-order valence-electron chi connectivity index (χ4n) is 2.82. The number of H-pyrrole nitrogens is 1. The van der Waals surface area contributed by atoms with Crippen LogP contribution in [-0.4, -0.2) is 25.5 Å². The van der Waals surface area contributed by atoms with E-state index in [-0.39, 0.29) is 16.9 Å². The van der Waals surface area contributed by atoms with Crippen molar-refractivity contribution in [1.29, 1.82) is 0 Å². The SMILES string of the molecule is Cc1ccc2c(=O)c(/C=C(/c3ccc([N+](=O)[O-])cc3)c3nn[nH]n3)coc2c1. The average molecular weight is 375 g/mol. The summed E-state index contributed by atoms with van der Waals surface area (Å²) in [7, 11) is 0. The number of tetrazole rings is 1. The van der Waals surface area contributed by atoms with Gasteiger partial charge in [-0.3, -0.25) is 14.9 Å². The molecule has 0 aliphatic carbocycles. The van der Waals surface area contributed by atoms with Gasteiger partial charge in [-0.25, -0.2) is 0 Å². The minimum absolute atomic E-state index is 0.0446. The highest BCUT2D eigenvalue weighted by Gasteiger charge is 2.14. The monoisotopic (exact) mass is 375 g/mol. The van der Waals surface area contributed by atoms with Gasteiger partial charge in [0.25, 0.3) is 5.69 Å². The fourth-order valence-corrected chi connectivity index (χ4v) is 2.82. The number of fused-ring (bicyclic) bond motifs is 1. The van der Waals surface area contributed by atoms with Crippen LogP contribution in [0.4, 0.5) is 5.69 Å². The maximum atomic E-state index is 12.9. The van der Waals surface area contributed by atoms with Crippen LogP contribution in [0.15, 0.2) is 57.9 Å². The van der Waals surface area contributed by atoms with Crippen LogP contribution in [-0.2, 0) is 0 Å². The molecule has 2 aromatic heterocycles. The average Bonchev–Trinajstić information content (AvgIpc) is 3.22. The van der Waals surface area contributed by atoms with E-state index in [1.165, 1.54) is 18.4 Å². The van der Waals surface area contributed by atoms with Gasteiger partial charge in [0.05, 0.1) is 15.9 Å². The maximum absolute atomic E-state index is 12.9. The molecule has 28 heavy (non-hydrogen) atoms. The summed E-state index contributed by atoms with van der Waals surface area (Å²) in [5.41, 5.74) is 2.60. The number of aromatic nitrogens is 4. The molecule has 0 aliphatic heterocycles. The first-order chi connectivity index (χ1) is 13.5. The summed E-state index contributed by atoms with van der Waals surface area (Å²) in [6.45, 7) is 1.91. The van der Waals surface area contributed by atoms with Crippen molar-refractivity contribution in [2.24, 2.45) is 0 Å². The van der Waals surface area contributed by atoms with Crippen LogP contribution in [0.5, 0.6) is 0 Å². The Bertz CT molecular complexity index is 1260. The lowest BCUT2D eigenvalue weighted by molar-refractivity contribution is -0.384. The zero-order valence-corrected chi connectivity index (χ0v) is 14.6. The van der Waals surface area contributed by atoms with Gasteiger partial charge in [0.1, 0.15) is 11.8 Å². The van der Waals surface area contributed by atoms with Crippen LogP contribution in [0.2, 0.25) is 0 Å². The minimum atomic E-state index is -0.485. The number of non-ortho nitro benzene ring substituents is 1. The number of hydrogen-bond acceptors (Lipinski definition) is 7. The molecule has 0 saturated heterocycles. The molecule has 0 unspecified atom stereocenters. The molecule has 138 valence electrons. The van der Waals surface area contributed by atoms with Crippen molar-refractivity contribution in [3.8, 4) is 0 Å². The Morgan fingerprint density at radius 1 is 1.21 bits per heavy atom. The number of hydrogen-bond donors (Lipinski definition) is 1. The lowest BCUT2D eigenvalue weighted by atomic mass is 10.0. The number of aryl methyl sites for hydroxylation is 1. The van der Waals surface area contributed by atoms with Crippen molar-refractivity contribution in [3.05, 3.63) is 91.6 Å². The number of nitrogens with zero attached hydrogens (tertiary/aromatic N) is 4. The second kappa shape index (κ2) is 6.88. The number of nitro benzene ring substituents is 1. The Morgan fingerprint density at radius 3 is 2.68 bits per heavy atom. The lowest BCUT2D eigenvalue weighted by Crippen LogP contribution is -2.06. The van der Waals surface area contributed by atoms with E-state index < -0.39 is 4.92 Å². The van der Waals surface area contributed by atoms with Gasteiger partial charge in [-0.2, -0.15) is 5.21 Å². The third-order valence-corrected chi connectivity index (χ3v) is 4.23. The predicted molar refractivity (Wildman–Crippen MR) is 101 cm³/mol. The smallest absolute Gasteiger partial charge is 0.269 e. The van der Waals surface area contributed by atoms with E-state index in [0.717, 1.165) is 5.56 Å². The number of rotatable bonds is 4. The Hall–Kier alpha value is -4.14. The summed E-state index contributed by atoms with van der Waals surface area (Å²) in [6, 6.07) is 11.2. The zero-order chi connectivity index (χ0) is 19.7. The molecule has 0 atom stereocenters. The second-order valence-corrected chi connectivity index (χ2v) is 6.12. The highest BCUT2D eigenvalue weighted by molar-refractivity contribution is 5.90.